The van der Waals surface area contributed by atoms with E-state index in [-0.39, 0.29) is 5.75 Å². The Labute approximate surface area is 72.9 Å². The molecule has 0 saturated carbocycles. The van der Waals surface area contributed by atoms with E-state index in [2.05, 4.69) is 0 Å². The number of methoxy groups -OCH3 is 1. The molecule has 2 nitrogen and oxygen atoms in total. The molecule has 0 amide bonds. The normalized spacial score (nSPS) is 9.40. The topological polar surface area (TPSA) is 29.5 Å². The van der Waals surface area contributed by atoms with Crippen LogP contribution in [0.25, 0.3) is 0 Å². The molecular formula is C7H8O2Sn. The Kier molecular flexibility index (Phi) is 2.43. The van der Waals surface area contributed by atoms with Crippen molar-refractivity contribution in [3.63, 3.8) is 0 Å². The van der Waals surface area contributed by atoms with Gasteiger partial charge in [0, 0.05) is 0 Å². The van der Waals surface area contributed by atoms with Gasteiger partial charge in [-0.3, -0.25) is 0 Å². The summed E-state index contributed by atoms with van der Waals surface area (Å²) in [5.74, 6) is 0.769. The minimum absolute atomic E-state index is 0.209. The number of hydrogen-bond donors (Lipinski definition) is 1. The van der Waals surface area contributed by atoms with E-state index in [0.29, 0.717) is 5.75 Å². The van der Waals surface area contributed by atoms with Crippen molar-refractivity contribution in [1.29, 1.82) is 0 Å². The van der Waals surface area contributed by atoms with Crippen LogP contribution in [0.2, 0.25) is 0 Å². The molecule has 0 bridgehead atoms. The summed E-state index contributed by atoms with van der Waals surface area (Å²) in [5.41, 5.74) is 0. The Balaban J connectivity index is 3.09. The molecule has 52 valence electrons. The maximum atomic E-state index is 9.12. The fraction of sp³-hybridized carbons (Fsp3) is 0.143. The van der Waals surface area contributed by atoms with E-state index in [0.717, 1.165) is 22.5 Å². The van der Waals surface area contributed by atoms with Gasteiger partial charge in [0.2, 0.25) is 0 Å². The molecule has 0 aliphatic carbocycles. The average Bonchev–Trinajstić information content (AvgIpc) is 1.94. The van der Waals surface area contributed by atoms with E-state index >= 15 is 0 Å². The third-order valence-corrected chi connectivity index (χ3v) is 2.23. The van der Waals surface area contributed by atoms with Gasteiger partial charge >= 0.3 is 72.8 Å². The summed E-state index contributed by atoms with van der Waals surface area (Å²) in [7, 11) is 1.55. The third kappa shape index (κ3) is 1.56. The molecule has 0 heterocycles. The zero-order valence-electron chi connectivity index (χ0n) is 5.66. The summed E-state index contributed by atoms with van der Waals surface area (Å²) in [6.07, 6.45) is 0. The van der Waals surface area contributed by atoms with Gasteiger partial charge in [0.25, 0.3) is 0 Å². The second-order valence-corrected chi connectivity index (χ2v) is 3.83. The van der Waals surface area contributed by atoms with Crippen LogP contribution in [0.4, 0.5) is 0 Å². The van der Waals surface area contributed by atoms with Crippen molar-refractivity contribution in [2.45, 2.75) is 0 Å². The number of benzene rings is 1. The summed E-state index contributed by atoms with van der Waals surface area (Å²) in [6.45, 7) is 0. The molecule has 0 aromatic heterocycles. The van der Waals surface area contributed by atoms with E-state index in [1.54, 1.807) is 13.2 Å². The van der Waals surface area contributed by atoms with E-state index < -0.39 is 0 Å². The van der Waals surface area contributed by atoms with Crippen molar-refractivity contribution in [3.8, 4) is 11.5 Å². The van der Waals surface area contributed by atoms with Crippen LogP contribution < -0.4 is 8.32 Å². The second kappa shape index (κ2) is 3.14. The Morgan fingerprint density at radius 3 is 2.70 bits per heavy atom. The predicted molar refractivity (Wildman–Crippen MR) is 41.4 cm³/mol. The Morgan fingerprint density at radius 2 is 2.20 bits per heavy atom. The van der Waals surface area contributed by atoms with Crippen molar-refractivity contribution in [1.82, 2.24) is 0 Å². The molecule has 0 fully saturated rings. The van der Waals surface area contributed by atoms with Crippen LogP contribution in [-0.4, -0.2) is 34.7 Å². The molecule has 0 saturated heterocycles. The van der Waals surface area contributed by atoms with Crippen LogP contribution in [0, 0.1) is 0 Å². The molecule has 0 spiro atoms. The SMILES string of the molecule is COc1c[c]([SnH])ccc1O. The van der Waals surface area contributed by atoms with Crippen molar-refractivity contribution in [2.75, 3.05) is 7.11 Å². The van der Waals surface area contributed by atoms with Crippen LogP contribution in [0.5, 0.6) is 11.5 Å². The number of phenols is 1. The van der Waals surface area contributed by atoms with Crippen LogP contribution in [0.3, 0.4) is 0 Å². The first-order valence-corrected chi connectivity index (χ1v) is 4.51. The van der Waals surface area contributed by atoms with E-state index in [1.165, 1.54) is 3.58 Å². The number of phenolic OH excluding ortho intramolecular Hbond substituents is 1. The van der Waals surface area contributed by atoms with Gasteiger partial charge < -0.3 is 0 Å². The Hall–Kier alpha value is -0.381. The first-order valence-electron chi connectivity index (χ1n) is 2.86. The zero-order chi connectivity index (χ0) is 7.56. The molecule has 3 heteroatoms. The van der Waals surface area contributed by atoms with Crippen LogP contribution in [0.1, 0.15) is 0 Å². The molecule has 1 aromatic carbocycles. The Bertz CT molecular complexity index is 235. The van der Waals surface area contributed by atoms with Gasteiger partial charge in [0.15, 0.2) is 0 Å². The summed E-state index contributed by atoms with van der Waals surface area (Å²) < 4.78 is 6.10. The van der Waals surface area contributed by atoms with Crippen molar-refractivity contribution in [2.24, 2.45) is 0 Å². The first-order chi connectivity index (χ1) is 4.74. The molecule has 10 heavy (non-hydrogen) atoms. The number of hydrogen-bond acceptors (Lipinski definition) is 2. The molecule has 1 rings (SSSR count). The van der Waals surface area contributed by atoms with Gasteiger partial charge in [-0.05, 0) is 0 Å². The van der Waals surface area contributed by atoms with Crippen molar-refractivity contribution >= 4 is 26.1 Å². The fourth-order valence-electron chi connectivity index (χ4n) is 0.694. The summed E-state index contributed by atoms with van der Waals surface area (Å²) in [5, 5.41) is 9.12. The molecule has 0 atom stereocenters. The molecular weight excluding hydrogens is 235 g/mol. The van der Waals surface area contributed by atoms with Gasteiger partial charge in [0.1, 0.15) is 0 Å². The fourth-order valence-corrected chi connectivity index (χ4v) is 1.40. The second-order valence-electron chi connectivity index (χ2n) is 1.93. The molecule has 0 aliphatic rings. The third-order valence-electron chi connectivity index (χ3n) is 1.20. The predicted octanol–water partition coefficient (Wildman–Crippen LogP) is -0.0731. The van der Waals surface area contributed by atoms with E-state index in [1.807, 2.05) is 12.1 Å². The van der Waals surface area contributed by atoms with E-state index in [4.69, 9.17) is 9.84 Å². The standard InChI is InChI=1S/C7H7O2.Sn.H/c1-9-7-5-3-2-4-6(7)8;;/h2,4-5,8H,1H3;;. The molecule has 0 aliphatic heterocycles. The Morgan fingerprint density at radius 1 is 1.50 bits per heavy atom. The van der Waals surface area contributed by atoms with Gasteiger partial charge in [-0.15, -0.1) is 0 Å². The van der Waals surface area contributed by atoms with Crippen LogP contribution >= 0.6 is 0 Å². The van der Waals surface area contributed by atoms with Gasteiger partial charge in [0.05, 0.1) is 0 Å². The molecule has 0 unspecified atom stereocenters. The van der Waals surface area contributed by atoms with Gasteiger partial charge in [-0.2, -0.15) is 0 Å². The minimum atomic E-state index is 0.209. The number of aromatic hydroxyl groups is 1. The van der Waals surface area contributed by atoms with Crippen LogP contribution in [0.15, 0.2) is 18.2 Å². The number of ether oxygens (including phenoxy) is 1. The van der Waals surface area contributed by atoms with E-state index in [9.17, 15) is 0 Å². The summed E-state index contributed by atoms with van der Waals surface area (Å²) >= 11 is 1.05. The zero-order valence-corrected chi connectivity index (χ0v) is 8.96. The van der Waals surface area contributed by atoms with Crippen LogP contribution in [-0.2, 0) is 0 Å². The summed E-state index contributed by atoms with van der Waals surface area (Å²) in [4.78, 5) is 0. The van der Waals surface area contributed by atoms with Crippen molar-refractivity contribution < 1.29 is 9.84 Å². The monoisotopic (exact) mass is 244 g/mol. The van der Waals surface area contributed by atoms with Crippen molar-refractivity contribution in [3.05, 3.63) is 18.2 Å². The maximum absolute atomic E-state index is 9.12. The summed E-state index contributed by atoms with van der Waals surface area (Å²) in [6, 6.07) is 5.39. The quantitative estimate of drug-likeness (QED) is 0.699. The molecule has 1 aromatic rings. The molecule has 2 radical (unpaired) electrons. The van der Waals surface area contributed by atoms with Gasteiger partial charge in [-0.1, -0.05) is 0 Å². The van der Waals surface area contributed by atoms with Gasteiger partial charge in [-0.25, -0.2) is 0 Å². The number of rotatable bonds is 1. The first kappa shape index (κ1) is 7.72. The average molecular weight is 243 g/mol. The molecule has 1 N–H and O–H groups in total.